The lowest BCUT2D eigenvalue weighted by Gasteiger charge is -2.04. The van der Waals surface area contributed by atoms with Crippen LogP contribution in [0.2, 0.25) is 0 Å². The third-order valence-electron chi connectivity index (χ3n) is 2.05. The molecule has 0 aliphatic carbocycles. The second kappa shape index (κ2) is 8.65. The zero-order chi connectivity index (χ0) is 14.8. The van der Waals surface area contributed by atoms with Gasteiger partial charge < -0.3 is 15.8 Å². The van der Waals surface area contributed by atoms with Crippen LogP contribution in [0.25, 0.3) is 0 Å². The van der Waals surface area contributed by atoms with Crippen molar-refractivity contribution in [1.29, 1.82) is 0 Å². The van der Waals surface area contributed by atoms with Crippen molar-refractivity contribution in [2.24, 2.45) is 10.8 Å². The Balaban J connectivity index is 2.42. The quantitative estimate of drug-likeness (QED) is 0.295. The topological polar surface area (TPSA) is 88.7 Å². The lowest BCUT2D eigenvalue weighted by atomic mass is 10.2. The Bertz CT molecular complexity index is 500. The van der Waals surface area contributed by atoms with Crippen LogP contribution in [0.1, 0.15) is 5.56 Å². The summed E-state index contributed by atoms with van der Waals surface area (Å²) in [6.45, 7) is 4.00. The molecule has 4 N–H and O–H groups in total. The highest BCUT2D eigenvalue weighted by Crippen LogP contribution is 2.10. The highest BCUT2D eigenvalue weighted by molar-refractivity contribution is 7.80. The second-order valence-corrected chi connectivity index (χ2v) is 4.10. The van der Waals surface area contributed by atoms with Crippen LogP contribution in [0.4, 0.5) is 0 Å². The van der Waals surface area contributed by atoms with Gasteiger partial charge in [0.25, 0.3) is 5.91 Å². The van der Waals surface area contributed by atoms with Gasteiger partial charge in [-0.25, -0.2) is 0 Å². The number of nitrogens with one attached hydrogen (secondary N) is 2. The standard InChI is InChI=1S/C13H16N4O2S/c1-2-7-15-13(20)17-16-8-10-3-5-11(6-4-10)19-9-12(14)18/h2-6,8H,1,7,9H2,(H2,14,18)(H2,15,17,20)/b16-8-. The minimum absolute atomic E-state index is 0.141. The number of hydrogen-bond acceptors (Lipinski definition) is 4. The number of benzene rings is 1. The van der Waals surface area contributed by atoms with Gasteiger partial charge in [0.2, 0.25) is 0 Å². The average Bonchev–Trinajstić information content (AvgIpc) is 2.44. The van der Waals surface area contributed by atoms with Crippen molar-refractivity contribution >= 4 is 29.5 Å². The van der Waals surface area contributed by atoms with Gasteiger partial charge in [-0.1, -0.05) is 6.08 Å². The van der Waals surface area contributed by atoms with Gasteiger partial charge in [0.05, 0.1) is 6.21 Å². The maximum atomic E-state index is 10.6. The second-order valence-electron chi connectivity index (χ2n) is 3.69. The van der Waals surface area contributed by atoms with Crippen LogP contribution < -0.4 is 21.2 Å². The van der Waals surface area contributed by atoms with Gasteiger partial charge in [0, 0.05) is 6.54 Å². The van der Waals surface area contributed by atoms with Crippen molar-refractivity contribution in [2.75, 3.05) is 13.2 Å². The maximum Gasteiger partial charge on any atom is 0.255 e. The number of primary amides is 1. The number of thiocarbonyl (C=S) groups is 1. The summed E-state index contributed by atoms with van der Waals surface area (Å²) in [4.78, 5) is 10.6. The molecule has 0 aliphatic heterocycles. The Morgan fingerprint density at radius 1 is 1.45 bits per heavy atom. The van der Waals surface area contributed by atoms with Crippen molar-refractivity contribution in [2.45, 2.75) is 0 Å². The fourth-order valence-corrected chi connectivity index (χ4v) is 1.31. The van der Waals surface area contributed by atoms with E-state index in [1.807, 2.05) is 0 Å². The summed E-state index contributed by atoms with van der Waals surface area (Å²) in [5.41, 5.74) is 8.51. The first-order valence-corrected chi connectivity index (χ1v) is 6.21. The first-order valence-electron chi connectivity index (χ1n) is 5.81. The van der Waals surface area contributed by atoms with Crippen molar-refractivity contribution in [3.63, 3.8) is 0 Å². The van der Waals surface area contributed by atoms with Crippen LogP contribution >= 0.6 is 12.2 Å². The fraction of sp³-hybridized carbons (Fsp3) is 0.154. The van der Waals surface area contributed by atoms with Gasteiger partial charge in [0.1, 0.15) is 5.75 Å². The summed E-state index contributed by atoms with van der Waals surface area (Å²) in [5.74, 6) is 0.0532. The van der Waals surface area contributed by atoms with Crippen LogP contribution in [-0.2, 0) is 4.79 Å². The molecule has 0 saturated heterocycles. The van der Waals surface area contributed by atoms with E-state index < -0.39 is 5.91 Å². The molecule has 1 aromatic carbocycles. The molecule has 20 heavy (non-hydrogen) atoms. The zero-order valence-electron chi connectivity index (χ0n) is 10.8. The Morgan fingerprint density at radius 2 is 2.15 bits per heavy atom. The van der Waals surface area contributed by atoms with Crippen molar-refractivity contribution in [3.05, 3.63) is 42.5 Å². The van der Waals surface area contributed by atoms with Crippen LogP contribution in [0.3, 0.4) is 0 Å². The first-order chi connectivity index (χ1) is 9.61. The number of ether oxygens (including phenoxy) is 1. The Labute approximate surface area is 122 Å². The molecule has 1 rings (SSSR count). The monoisotopic (exact) mass is 292 g/mol. The summed E-state index contributed by atoms with van der Waals surface area (Å²) >= 11 is 4.97. The average molecular weight is 292 g/mol. The van der Waals surface area contributed by atoms with Gasteiger partial charge in [-0.15, -0.1) is 6.58 Å². The minimum Gasteiger partial charge on any atom is -0.484 e. The number of carbonyl (C=O) groups is 1. The molecular weight excluding hydrogens is 276 g/mol. The van der Waals surface area contributed by atoms with Crippen LogP contribution in [0, 0.1) is 0 Å². The third-order valence-corrected chi connectivity index (χ3v) is 2.28. The summed E-state index contributed by atoms with van der Waals surface area (Å²) in [7, 11) is 0. The lowest BCUT2D eigenvalue weighted by molar-refractivity contribution is -0.119. The van der Waals surface area contributed by atoms with E-state index in [1.165, 1.54) is 0 Å². The maximum absolute atomic E-state index is 10.6. The molecule has 0 saturated carbocycles. The van der Waals surface area contributed by atoms with E-state index in [0.29, 0.717) is 17.4 Å². The van der Waals surface area contributed by atoms with E-state index >= 15 is 0 Å². The van der Waals surface area contributed by atoms with Crippen LogP contribution in [0.5, 0.6) is 5.75 Å². The predicted octanol–water partition coefficient (Wildman–Crippen LogP) is 0.535. The molecule has 0 radical (unpaired) electrons. The van der Waals surface area contributed by atoms with Gasteiger partial charge in [-0.3, -0.25) is 10.2 Å². The Kier molecular flexibility index (Phi) is 6.77. The number of nitrogens with zero attached hydrogens (tertiary/aromatic N) is 1. The number of amides is 1. The van der Waals surface area contributed by atoms with E-state index in [9.17, 15) is 4.79 Å². The number of carbonyl (C=O) groups excluding carboxylic acids is 1. The number of rotatable bonds is 7. The van der Waals surface area contributed by atoms with Crippen molar-refractivity contribution in [1.82, 2.24) is 10.7 Å². The normalized spacial score (nSPS) is 10.0. The van der Waals surface area contributed by atoms with Crippen LogP contribution in [-0.4, -0.2) is 30.4 Å². The van der Waals surface area contributed by atoms with Gasteiger partial charge in [-0.05, 0) is 42.0 Å². The molecule has 7 heteroatoms. The highest BCUT2D eigenvalue weighted by Gasteiger charge is 1.97. The lowest BCUT2D eigenvalue weighted by Crippen LogP contribution is -2.31. The number of hydrogen-bond donors (Lipinski definition) is 3. The third kappa shape index (κ3) is 6.50. The summed E-state index contributed by atoms with van der Waals surface area (Å²) in [6, 6.07) is 7.03. The molecule has 0 aliphatic rings. The Morgan fingerprint density at radius 3 is 2.75 bits per heavy atom. The van der Waals surface area contributed by atoms with E-state index in [1.54, 1.807) is 36.6 Å². The smallest absolute Gasteiger partial charge is 0.255 e. The molecule has 0 heterocycles. The van der Waals surface area contributed by atoms with Crippen molar-refractivity contribution in [3.8, 4) is 5.75 Å². The summed E-state index contributed by atoms with van der Waals surface area (Å²) in [5, 5.41) is 7.27. The van der Waals surface area contributed by atoms with E-state index in [0.717, 1.165) is 5.56 Å². The molecule has 1 aromatic rings. The van der Waals surface area contributed by atoms with Gasteiger partial charge >= 0.3 is 0 Å². The predicted molar refractivity (Wildman–Crippen MR) is 82.7 cm³/mol. The van der Waals surface area contributed by atoms with E-state index in [-0.39, 0.29) is 6.61 Å². The van der Waals surface area contributed by atoms with E-state index in [4.69, 9.17) is 22.7 Å². The van der Waals surface area contributed by atoms with E-state index in [2.05, 4.69) is 22.4 Å². The molecule has 0 atom stereocenters. The first kappa shape index (κ1) is 15.6. The molecule has 106 valence electrons. The highest BCUT2D eigenvalue weighted by atomic mass is 32.1. The molecule has 0 unspecified atom stereocenters. The zero-order valence-corrected chi connectivity index (χ0v) is 11.7. The molecular formula is C13H16N4O2S. The Hall–Kier alpha value is -2.41. The summed E-state index contributed by atoms with van der Waals surface area (Å²) < 4.78 is 5.13. The SMILES string of the molecule is C=CCNC(=S)N/N=C\c1ccc(OCC(N)=O)cc1. The molecule has 0 fully saturated rings. The number of hydrazone groups is 1. The molecule has 6 nitrogen and oxygen atoms in total. The molecule has 1 amide bonds. The van der Waals surface area contributed by atoms with Gasteiger partial charge in [0.15, 0.2) is 11.7 Å². The fourth-order valence-electron chi connectivity index (χ4n) is 1.17. The minimum atomic E-state index is -0.514. The molecule has 0 spiro atoms. The van der Waals surface area contributed by atoms with Crippen molar-refractivity contribution < 1.29 is 9.53 Å². The van der Waals surface area contributed by atoms with Gasteiger partial charge in [-0.2, -0.15) is 5.10 Å². The number of nitrogens with two attached hydrogens (primary N) is 1. The molecule has 0 bridgehead atoms. The summed E-state index contributed by atoms with van der Waals surface area (Å²) in [6.07, 6.45) is 3.31. The molecule has 0 aromatic heterocycles. The largest absolute Gasteiger partial charge is 0.484 e. The van der Waals surface area contributed by atoms with Crippen LogP contribution in [0.15, 0.2) is 42.0 Å².